The molecule has 10 heteroatoms. The molecule has 1 spiro atoms. The van der Waals surface area contributed by atoms with Gasteiger partial charge in [-0.05, 0) is 17.7 Å². The molecule has 0 amide bonds. The Morgan fingerprint density at radius 3 is 2.47 bits per heavy atom. The smallest absolute Gasteiger partial charge is 0.306 e. The number of Topliss-reactive ketones (excluding diaryl/α,β-unsaturated/α-hetero) is 2. The van der Waals surface area contributed by atoms with Crippen LogP contribution in [0.1, 0.15) is 41.6 Å². The third-order valence-electron chi connectivity index (χ3n) is 6.73. The number of methoxy groups -OCH3 is 3. The van der Waals surface area contributed by atoms with Crippen LogP contribution in [0.15, 0.2) is 41.7 Å². The number of ketones is 2. The van der Waals surface area contributed by atoms with Crippen molar-refractivity contribution < 1.29 is 43.5 Å². The van der Waals surface area contributed by atoms with Crippen molar-refractivity contribution in [3.05, 3.63) is 57.8 Å². The Bertz CT molecular complexity index is 1300. The number of aliphatic hydroxyl groups is 1. The highest BCUT2D eigenvalue weighted by Crippen LogP contribution is 2.55. The molecule has 0 radical (unpaired) electrons. The summed E-state index contributed by atoms with van der Waals surface area (Å²) in [5.74, 6) is -3.99. The number of ether oxygens (including phenoxy) is 4. The lowest BCUT2D eigenvalue weighted by atomic mass is 9.69. The first-order valence-corrected chi connectivity index (χ1v) is 11.5. The number of phenolic OH excluding ortho intramolecular Hbond substituents is 1. The quantitative estimate of drug-likeness (QED) is 0.544. The van der Waals surface area contributed by atoms with Gasteiger partial charge in [-0.2, -0.15) is 0 Å². The Kier molecular flexibility index (Phi) is 6.62. The van der Waals surface area contributed by atoms with Crippen LogP contribution in [0.25, 0.3) is 0 Å². The van der Waals surface area contributed by atoms with E-state index in [0.717, 1.165) is 0 Å². The number of halogens is 1. The van der Waals surface area contributed by atoms with Gasteiger partial charge in [-0.25, -0.2) is 0 Å². The van der Waals surface area contributed by atoms with Crippen molar-refractivity contribution in [1.82, 2.24) is 0 Å². The second-order valence-electron chi connectivity index (χ2n) is 8.68. The fourth-order valence-electron chi connectivity index (χ4n) is 4.92. The fourth-order valence-corrected chi connectivity index (χ4v) is 5.18. The molecule has 0 bridgehead atoms. The van der Waals surface area contributed by atoms with E-state index in [0.29, 0.717) is 5.56 Å². The molecule has 3 atom stereocenters. The summed E-state index contributed by atoms with van der Waals surface area (Å²) in [5.41, 5.74) is -1.77. The molecular formula is C26H25ClO9. The third kappa shape index (κ3) is 3.74. The summed E-state index contributed by atoms with van der Waals surface area (Å²) >= 11 is 6.46. The molecule has 0 saturated heterocycles. The number of carbonyl (C=O) groups is 3. The van der Waals surface area contributed by atoms with E-state index in [1.165, 1.54) is 39.5 Å². The lowest BCUT2D eigenvalue weighted by Crippen LogP contribution is -2.53. The van der Waals surface area contributed by atoms with Gasteiger partial charge < -0.3 is 29.2 Å². The van der Waals surface area contributed by atoms with Gasteiger partial charge in [-0.15, -0.1) is 0 Å². The maximum absolute atomic E-state index is 13.9. The van der Waals surface area contributed by atoms with Gasteiger partial charge in [0.05, 0.1) is 27.8 Å². The minimum atomic E-state index is -1.99. The molecular weight excluding hydrogens is 492 g/mol. The standard InChI is InChI=1S/C26H25ClO9/c1-12-8-16(29)20(15(10-19(30)35-4)13-6-5-7-14(28)9-13)24(31)26(12)25(32)21-17(33-2)11-18(34-3)22(27)23(21)36-26/h5-7,9,11-12,15,28,31H,8,10H2,1-4H3. The molecule has 1 heterocycles. The van der Waals surface area contributed by atoms with Crippen LogP contribution in [-0.4, -0.2) is 54.7 Å². The Morgan fingerprint density at radius 1 is 1.17 bits per heavy atom. The van der Waals surface area contributed by atoms with Crippen molar-refractivity contribution in [2.45, 2.75) is 31.3 Å². The van der Waals surface area contributed by atoms with Crippen molar-refractivity contribution in [2.24, 2.45) is 5.92 Å². The molecule has 0 saturated carbocycles. The van der Waals surface area contributed by atoms with E-state index < -0.39 is 40.7 Å². The normalized spacial score (nSPS) is 21.8. The number of esters is 1. The summed E-state index contributed by atoms with van der Waals surface area (Å²) in [7, 11) is 3.96. The Hall–Kier alpha value is -3.72. The zero-order valence-electron chi connectivity index (χ0n) is 20.1. The lowest BCUT2D eigenvalue weighted by molar-refractivity contribution is -0.140. The number of benzene rings is 2. The SMILES string of the molecule is COC(=O)CC(C1=C(O)C2(Oc3c(Cl)c(OC)cc(OC)c3C2=O)C(C)CC1=O)c1cccc(O)c1. The van der Waals surface area contributed by atoms with Crippen molar-refractivity contribution in [1.29, 1.82) is 0 Å². The van der Waals surface area contributed by atoms with Crippen LogP contribution in [-0.2, 0) is 14.3 Å². The molecule has 0 fully saturated rings. The van der Waals surface area contributed by atoms with E-state index in [9.17, 15) is 24.6 Å². The summed E-state index contributed by atoms with van der Waals surface area (Å²) in [6.07, 6.45) is -0.485. The molecule has 36 heavy (non-hydrogen) atoms. The number of fused-ring (bicyclic) bond motifs is 1. The molecule has 1 aliphatic heterocycles. The monoisotopic (exact) mass is 516 g/mol. The third-order valence-corrected chi connectivity index (χ3v) is 7.09. The first-order valence-electron chi connectivity index (χ1n) is 11.1. The van der Waals surface area contributed by atoms with Gasteiger partial charge in [0.1, 0.15) is 27.8 Å². The molecule has 0 aromatic heterocycles. The zero-order chi connectivity index (χ0) is 26.4. The van der Waals surface area contributed by atoms with Crippen LogP contribution >= 0.6 is 11.6 Å². The first-order chi connectivity index (χ1) is 17.1. The van der Waals surface area contributed by atoms with Crippen LogP contribution in [0.5, 0.6) is 23.0 Å². The van der Waals surface area contributed by atoms with Crippen molar-refractivity contribution in [3.63, 3.8) is 0 Å². The second-order valence-corrected chi connectivity index (χ2v) is 9.06. The molecule has 3 unspecified atom stereocenters. The predicted molar refractivity (Wildman–Crippen MR) is 128 cm³/mol. The minimum absolute atomic E-state index is 0.0102. The van der Waals surface area contributed by atoms with Crippen LogP contribution < -0.4 is 14.2 Å². The van der Waals surface area contributed by atoms with E-state index in [1.807, 2.05) is 0 Å². The van der Waals surface area contributed by atoms with Crippen LogP contribution in [0, 0.1) is 5.92 Å². The van der Waals surface area contributed by atoms with Gasteiger partial charge in [0.2, 0.25) is 11.4 Å². The average molecular weight is 517 g/mol. The number of phenols is 1. The number of hydrogen-bond donors (Lipinski definition) is 2. The van der Waals surface area contributed by atoms with E-state index in [1.54, 1.807) is 19.1 Å². The Morgan fingerprint density at radius 2 is 1.86 bits per heavy atom. The molecule has 2 aromatic carbocycles. The maximum atomic E-state index is 13.9. The van der Waals surface area contributed by atoms with E-state index in [4.69, 9.17) is 30.5 Å². The summed E-state index contributed by atoms with van der Waals surface area (Å²) in [4.78, 5) is 39.6. The van der Waals surface area contributed by atoms with Crippen molar-refractivity contribution in [3.8, 4) is 23.0 Å². The Labute approximate surface area is 212 Å². The maximum Gasteiger partial charge on any atom is 0.306 e. The summed E-state index contributed by atoms with van der Waals surface area (Å²) in [6, 6.07) is 7.39. The molecule has 2 aromatic rings. The number of aliphatic hydroxyl groups excluding tert-OH is 1. The van der Waals surface area contributed by atoms with Gasteiger partial charge in [-0.3, -0.25) is 14.4 Å². The largest absolute Gasteiger partial charge is 0.508 e. The second kappa shape index (κ2) is 9.39. The van der Waals surface area contributed by atoms with Gasteiger partial charge in [0.15, 0.2) is 17.3 Å². The highest BCUT2D eigenvalue weighted by Gasteiger charge is 2.61. The molecule has 2 aliphatic rings. The van der Waals surface area contributed by atoms with Crippen LogP contribution in [0.3, 0.4) is 0 Å². The zero-order valence-corrected chi connectivity index (χ0v) is 20.8. The topological polar surface area (TPSA) is 129 Å². The number of aromatic hydroxyl groups is 1. The van der Waals surface area contributed by atoms with Gasteiger partial charge in [0.25, 0.3) is 0 Å². The minimum Gasteiger partial charge on any atom is -0.508 e. The highest BCUT2D eigenvalue weighted by molar-refractivity contribution is 6.35. The number of rotatable bonds is 6. The fraction of sp³-hybridized carbons (Fsp3) is 0.346. The van der Waals surface area contributed by atoms with Gasteiger partial charge in [0, 0.05) is 29.9 Å². The predicted octanol–water partition coefficient (Wildman–Crippen LogP) is 4.14. The van der Waals surface area contributed by atoms with Gasteiger partial charge >= 0.3 is 5.97 Å². The van der Waals surface area contributed by atoms with Crippen LogP contribution in [0.4, 0.5) is 0 Å². The highest BCUT2D eigenvalue weighted by atomic mass is 35.5. The Balaban J connectivity index is 1.96. The van der Waals surface area contributed by atoms with E-state index in [-0.39, 0.29) is 52.0 Å². The van der Waals surface area contributed by atoms with E-state index in [2.05, 4.69) is 0 Å². The first kappa shape index (κ1) is 25.4. The molecule has 190 valence electrons. The number of carbonyl (C=O) groups excluding carboxylic acids is 3. The molecule has 1 aliphatic carbocycles. The summed E-state index contributed by atoms with van der Waals surface area (Å²) in [5, 5.41) is 21.7. The van der Waals surface area contributed by atoms with Crippen LogP contribution in [0.2, 0.25) is 5.02 Å². The molecule has 4 rings (SSSR count). The number of allylic oxidation sites excluding steroid dienone is 1. The summed E-state index contributed by atoms with van der Waals surface area (Å²) in [6.45, 7) is 1.61. The van der Waals surface area contributed by atoms with Crippen molar-refractivity contribution in [2.75, 3.05) is 21.3 Å². The van der Waals surface area contributed by atoms with E-state index >= 15 is 0 Å². The summed E-state index contributed by atoms with van der Waals surface area (Å²) < 4.78 is 21.6. The number of hydrogen-bond acceptors (Lipinski definition) is 9. The van der Waals surface area contributed by atoms with Crippen molar-refractivity contribution >= 4 is 29.1 Å². The molecule has 2 N–H and O–H groups in total. The van der Waals surface area contributed by atoms with Gasteiger partial charge in [-0.1, -0.05) is 30.7 Å². The average Bonchev–Trinajstić information content (AvgIpc) is 3.17. The molecule has 9 nitrogen and oxygen atoms in total. The lowest BCUT2D eigenvalue weighted by Gasteiger charge is -2.38.